The van der Waals surface area contributed by atoms with Crippen molar-refractivity contribution < 1.29 is 9.53 Å². The Morgan fingerprint density at radius 1 is 1.16 bits per heavy atom. The molecule has 2 aliphatic rings. The Labute approximate surface area is 192 Å². The minimum atomic E-state index is -0.285. The van der Waals surface area contributed by atoms with Gasteiger partial charge in [0.15, 0.2) is 0 Å². The van der Waals surface area contributed by atoms with E-state index in [-0.39, 0.29) is 5.97 Å². The number of carbonyl (C=O) groups excluding carboxylic acids is 1. The number of fused-ring (bicyclic) bond motifs is 1. The number of halogens is 1. The van der Waals surface area contributed by atoms with Gasteiger partial charge in [-0.25, -0.2) is 4.79 Å². The van der Waals surface area contributed by atoms with E-state index in [9.17, 15) is 4.79 Å². The Hall–Kier alpha value is -2.08. The molecule has 0 bridgehead atoms. The van der Waals surface area contributed by atoms with Crippen LogP contribution in [0.25, 0.3) is 21.2 Å². The van der Waals surface area contributed by atoms with Crippen LogP contribution in [0.5, 0.6) is 0 Å². The third-order valence-corrected chi connectivity index (χ3v) is 7.93. The molecule has 0 spiro atoms. The summed E-state index contributed by atoms with van der Waals surface area (Å²) in [5.41, 5.74) is 3.81. The fraction of sp³-hybridized carbons (Fsp3) is 0.400. The van der Waals surface area contributed by atoms with Gasteiger partial charge >= 0.3 is 5.97 Å². The molecule has 5 rings (SSSR count). The normalized spacial score (nSPS) is 19.1. The van der Waals surface area contributed by atoms with Crippen LogP contribution in [0.2, 0.25) is 5.02 Å². The zero-order chi connectivity index (χ0) is 21.5. The summed E-state index contributed by atoms with van der Waals surface area (Å²) in [6.07, 6.45) is 5.02. The SMILES string of the molecule is COC(=O)c1cc(-c2c(C)sc3cc(Cl)ccc23)ccc1N1CC[C@@H](NC2CCC2)C1. The summed E-state index contributed by atoms with van der Waals surface area (Å²) < 4.78 is 6.32. The maximum Gasteiger partial charge on any atom is 0.339 e. The quantitative estimate of drug-likeness (QED) is 0.477. The molecule has 1 aliphatic carbocycles. The highest BCUT2D eigenvalue weighted by Crippen LogP contribution is 2.41. The molecule has 31 heavy (non-hydrogen) atoms. The molecule has 1 saturated heterocycles. The van der Waals surface area contributed by atoms with E-state index in [1.165, 1.54) is 42.2 Å². The van der Waals surface area contributed by atoms with Gasteiger partial charge in [-0.3, -0.25) is 0 Å². The Morgan fingerprint density at radius 3 is 2.74 bits per heavy atom. The summed E-state index contributed by atoms with van der Waals surface area (Å²) >= 11 is 7.93. The first-order valence-electron chi connectivity index (χ1n) is 11.0. The van der Waals surface area contributed by atoms with Crippen molar-refractivity contribution in [2.45, 2.75) is 44.7 Å². The second-order valence-corrected chi connectivity index (χ2v) is 10.3. The van der Waals surface area contributed by atoms with Gasteiger partial charge in [-0.1, -0.05) is 30.2 Å². The Balaban J connectivity index is 1.49. The van der Waals surface area contributed by atoms with Crippen molar-refractivity contribution in [2.75, 3.05) is 25.1 Å². The van der Waals surface area contributed by atoms with Crippen LogP contribution in [0.15, 0.2) is 36.4 Å². The maximum atomic E-state index is 12.7. The molecule has 2 fully saturated rings. The number of methoxy groups -OCH3 is 1. The highest BCUT2D eigenvalue weighted by Gasteiger charge is 2.29. The number of hydrogen-bond acceptors (Lipinski definition) is 5. The predicted molar refractivity (Wildman–Crippen MR) is 130 cm³/mol. The summed E-state index contributed by atoms with van der Waals surface area (Å²) in [6, 6.07) is 13.4. The van der Waals surface area contributed by atoms with Gasteiger partial charge < -0.3 is 15.0 Å². The van der Waals surface area contributed by atoms with Gasteiger partial charge in [0.05, 0.1) is 18.4 Å². The number of hydrogen-bond donors (Lipinski definition) is 1. The molecule has 0 amide bonds. The van der Waals surface area contributed by atoms with Gasteiger partial charge in [0.2, 0.25) is 0 Å². The predicted octanol–water partition coefficient (Wildman–Crippen LogP) is 6.04. The topological polar surface area (TPSA) is 41.6 Å². The van der Waals surface area contributed by atoms with Crippen molar-refractivity contribution in [3.05, 3.63) is 51.9 Å². The smallest absolute Gasteiger partial charge is 0.339 e. The van der Waals surface area contributed by atoms with Gasteiger partial charge in [0.1, 0.15) is 0 Å². The molecule has 1 N–H and O–H groups in total. The number of esters is 1. The number of carbonyl (C=O) groups is 1. The number of benzene rings is 2. The second kappa shape index (κ2) is 8.45. The summed E-state index contributed by atoms with van der Waals surface area (Å²) in [4.78, 5) is 16.3. The number of rotatable bonds is 5. The molecule has 6 heteroatoms. The Bertz CT molecular complexity index is 1140. The summed E-state index contributed by atoms with van der Waals surface area (Å²) in [6.45, 7) is 4.00. The number of anilines is 1. The molecule has 0 radical (unpaired) electrons. The van der Waals surface area contributed by atoms with Gasteiger partial charge in [0.25, 0.3) is 0 Å². The fourth-order valence-electron chi connectivity index (χ4n) is 4.82. The van der Waals surface area contributed by atoms with Crippen molar-refractivity contribution in [1.82, 2.24) is 5.32 Å². The largest absolute Gasteiger partial charge is 0.465 e. The van der Waals surface area contributed by atoms with Gasteiger partial charge in [-0.2, -0.15) is 0 Å². The van der Waals surface area contributed by atoms with Crippen LogP contribution in [0.3, 0.4) is 0 Å². The minimum absolute atomic E-state index is 0.285. The maximum absolute atomic E-state index is 12.7. The number of ether oxygens (including phenoxy) is 1. The standard InChI is InChI=1S/C25H27ClN2O2S/c1-15-24(20-8-7-17(26)13-23(20)31-15)16-6-9-22(21(12-16)25(29)30-2)28-11-10-19(14-28)27-18-4-3-5-18/h6-9,12-13,18-19,27H,3-5,10-11,14H2,1-2H3/t19-/m1/s1. The van der Waals surface area contributed by atoms with Crippen LogP contribution < -0.4 is 10.2 Å². The van der Waals surface area contributed by atoms with E-state index < -0.39 is 0 Å². The van der Waals surface area contributed by atoms with Gasteiger partial charge in [-0.05, 0) is 56.0 Å². The number of aryl methyl sites for hydroxylation is 1. The first-order valence-corrected chi connectivity index (χ1v) is 12.2. The molecule has 2 aromatic carbocycles. The van der Waals surface area contributed by atoms with Crippen molar-refractivity contribution in [3.63, 3.8) is 0 Å². The lowest BCUT2D eigenvalue weighted by Gasteiger charge is -2.30. The minimum Gasteiger partial charge on any atom is -0.465 e. The molecule has 3 aromatic rings. The van der Waals surface area contributed by atoms with Crippen LogP contribution >= 0.6 is 22.9 Å². The first-order chi connectivity index (χ1) is 15.0. The van der Waals surface area contributed by atoms with E-state index in [2.05, 4.69) is 35.3 Å². The van der Waals surface area contributed by atoms with E-state index in [1.807, 2.05) is 18.2 Å². The number of nitrogens with zero attached hydrogens (tertiary/aromatic N) is 1. The molecule has 1 aliphatic heterocycles. The first kappa shape index (κ1) is 20.8. The van der Waals surface area contributed by atoms with Crippen LogP contribution in [-0.4, -0.2) is 38.3 Å². The molecule has 1 atom stereocenters. The third-order valence-electron chi connectivity index (χ3n) is 6.62. The summed E-state index contributed by atoms with van der Waals surface area (Å²) in [5, 5.41) is 5.69. The van der Waals surface area contributed by atoms with Gasteiger partial charge in [-0.15, -0.1) is 11.3 Å². The van der Waals surface area contributed by atoms with Crippen molar-refractivity contribution >= 4 is 44.7 Å². The van der Waals surface area contributed by atoms with Crippen molar-refractivity contribution in [2.24, 2.45) is 0 Å². The molecule has 2 heterocycles. The van der Waals surface area contributed by atoms with Crippen molar-refractivity contribution in [3.8, 4) is 11.1 Å². The monoisotopic (exact) mass is 454 g/mol. The summed E-state index contributed by atoms with van der Waals surface area (Å²) in [5.74, 6) is -0.285. The lowest BCUT2D eigenvalue weighted by molar-refractivity contribution is 0.0601. The van der Waals surface area contributed by atoms with Gasteiger partial charge in [0, 0.05) is 50.7 Å². The lowest BCUT2D eigenvalue weighted by atomic mass is 9.92. The van der Waals surface area contributed by atoms with E-state index in [0.717, 1.165) is 40.5 Å². The zero-order valence-corrected chi connectivity index (χ0v) is 19.5. The molecule has 1 saturated carbocycles. The van der Waals surface area contributed by atoms with Crippen LogP contribution in [-0.2, 0) is 4.74 Å². The summed E-state index contributed by atoms with van der Waals surface area (Å²) in [7, 11) is 1.46. The number of thiophene rings is 1. The molecule has 1 aromatic heterocycles. The van der Waals surface area contributed by atoms with E-state index in [0.29, 0.717) is 17.6 Å². The van der Waals surface area contributed by atoms with E-state index in [1.54, 1.807) is 11.3 Å². The fourth-order valence-corrected chi connectivity index (χ4v) is 6.18. The molecule has 0 unspecified atom stereocenters. The lowest BCUT2D eigenvalue weighted by Crippen LogP contribution is -2.43. The van der Waals surface area contributed by atoms with E-state index >= 15 is 0 Å². The van der Waals surface area contributed by atoms with Crippen LogP contribution in [0, 0.1) is 6.92 Å². The van der Waals surface area contributed by atoms with Crippen molar-refractivity contribution in [1.29, 1.82) is 0 Å². The second-order valence-electron chi connectivity index (χ2n) is 8.62. The third kappa shape index (κ3) is 3.95. The Kier molecular flexibility index (Phi) is 5.67. The highest BCUT2D eigenvalue weighted by molar-refractivity contribution is 7.19. The molecule has 162 valence electrons. The number of nitrogens with one attached hydrogen (secondary N) is 1. The molecular weight excluding hydrogens is 428 g/mol. The van der Waals surface area contributed by atoms with Crippen LogP contribution in [0.4, 0.5) is 5.69 Å². The molecule has 4 nitrogen and oxygen atoms in total. The Morgan fingerprint density at radius 2 is 2.00 bits per heavy atom. The van der Waals surface area contributed by atoms with E-state index in [4.69, 9.17) is 16.3 Å². The van der Waals surface area contributed by atoms with Crippen LogP contribution in [0.1, 0.15) is 40.9 Å². The average Bonchev–Trinajstić information content (AvgIpc) is 3.33. The zero-order valence-electron chi connectivity index (χ0n) is 17.9. The molecular formula is C25H27ClN2O2S. The average molecular weight is 455 g/mol. The highest BCUT2D eigenvalue weighted by atomic mass is 35.5.